The Kier molecular flexibility index (Phi) is 8.01. The summed E-state index contributed by atoms with van der Waals surface area (Å²) in [6.45, 7) is 4.72. The molecule has 0 saturated carbocycles. The molecule has 7 heteroatoms. The summed E-state index contributed by atoms with van der Waals surface area (Å²) >= 11 is 0. The minimum atomic E-state index is -0.200. The van der Waals surface area contributed by atoms with E-state index < -0.39 is 0 Å². The fourth-order valence-corrected chi connectivity index (χ4v) is 2.77. The predicted octanol–water partition coefficient (Wildman–Crippen LogP) is 2.09. The second-order valence-electron chi connectivity index (χ2n) is 6.44. The van der Waals surface area contributed by atoms with Gasteiger partial charge in [0.1, 0.15) is 0 Å². The number of carbonyl (C=O) groups excluding carboxylic acids is 1. The average molecular weight is 355 g/mol. The van der Waals surface area contributed by atoms with E-state index in [9.17, 15) is 9.59 Å². The summed E-state index contributed by atoms with van der Waals surface area (Å²) in [7, 11) is 0. The Morgan fingerprint density at radius 1 is 1.25 bits per heavy atom. The minimum absolute atomic E-state index is 0. The zero-order chi connectivity index (χ0) is 16.8. The number of carbonyl (C=O) groups is 1. The molecule has 0 bridgehead atoms. The van der Waals surface area contributed by atoms with Gasteiger partial charge in [-0.25, -0.2) is 4.79 Å². The van der Waals surface area contributed by atoms with E-state index >= 15 is 0 Å². The molecular formula is C17H27ClN4O2. The molecule has 5 N–H and O–H groups in total. The van der Waals surface area contributed by atoms with Crippen molar-refractivity contribution in [2.45, 2.75) is 45.6 Å². The molecule has 1 heterocycles. The van der Waals surface area contributed by atoms with E-state index in [1.165, 1.54) is 0 Å². The molecule has 2 rings (SSSR count). The molecule has 0 aliphatic rings. The molecule has 0 saturated heterocycles. The van der Waals surface area contributed by atoms with E-state index in [0.717, 1.165) is 35.9 Å². The van der Waals surface area contributed by atoms with Crippen molar-refractivity contribution in [2.75, 3.05) is 6.54 Å². The van der Waals surface area contributed by atoms with Gasteiger partial charge in [0, 0.05) is 19.0 Å². The normalized spacial score (nSPS) is 12.2. The Bertz CT molecular complexity index is 708. The summed E-state index contributed by atoms with van der Waals surface area (Å²) in [5, 5.41) is 3.00. The molecule has 2 aromatic rings. The lowest BCUT2D eigenvalue weighted by Crippen LogP contribution is -2.40. The molecule has 0 fully saturated rings. The van der Waals surface area contributed by atoms with Gasteiger partial charge >= 0.3 is 5.69 Å². The zero-order valence-corrected chi connectivity index (χ0v) is 15.0. The number of amides is 1. The summed E-state index contributed by atoms with van der Waals surface area (Å²) in [4.78, 5) is 28.7. The van der Waals surface area contributed by atoms with Crippen LogP contribution < -0.4 is 16.7 Å². The Morgan fingerprint density at radius 2 is 1.96 bits per heavy atom. The third-order valence-corrected chi connectivity index (χ3v) is 3.86. The molecule has 6 nitrogen and oxygen atoms in total. The highest BCUT2D eigenvalue weighted by atomic mass is 35.5. The molecular weight excluding hydrogens is 328 g/mol. The van der Waals surface area contributed by atoms with E-state index in [1.807, 2.05) is 18.2 Å². The SMILES string of the molecule is CC(C)CC(CN)NC(=O)CCCc1ccc2[nH]c(=O)[nH]c2c1.Cl. The summed E-state index contributed by atoms with van der Waals surface area (Å²) in [6.07, 6.45) is 2.95. The number of aryl methyl sites for hydroxylation is 1. The molecule has 0 aliphatic carbocycles. The standard InChI is InChI=1S/C17H26N4O2.ClH/c1-11(2)8-13(10-18)19-16(22)5-3-4-12-6-7-14-15(9-12)21-17(23)20-14;/h6-7,9,11,13H,3-5,8,10,18H2,1-2H3,(H,19,22)(H2,20,21,23);1H. The largest absolute Gasteiger partial charge is 0.352 e. The third-order valence-electron chi connectivity index (χ3n) is 3.86. The van der Waals surface area contributed by atoms with Gasteiger partial charge in [-0.15, -0.1) is 12.4 Å². The van der Waals surface area contributed by atoms with Crippen LogP contribution in [0.3, 0.4) is 0 Å². The number of aromatic nitrogens is 2. The first kappa shape index (κ1) is 20.3. The van der Waals surface area contributed by atoms with Crippen LogP contribution in [0.15, 0.2) is 23.0 Å². The summed E-state index contributed by atoms with van der Waals surface area (Å²) < 4.78 is 0. The maximum Gasteiger partial charge on any atom is 0.323 e. The highest BCUT2D eigenvalue weighted by molar-refractivity contribution is 5.85. The lowest BCUT2D eigenvalue weighted by Gasteiger charge is -2.18. The quantitative estimate of drug-likeness (QED) is 0.583. The predicted molar refractivity (Wildman–Crippen MR) is 99.5 cm³/mol. The number of hydrogen-bond acceptors (Lipinski definition) is 3. The van der Waals surface area contributed by atoms with Gasteiger partial charge in [-0.2, -0.15) is 0 Å². The van der Waals surface area contributed by atoms with Crippen LogP contribution in [0.5, 0.6) is 0 Å². The summed E-state index contributed by atoms with van der Waals surface area (Å²) in [5.41, 5.74) is 8.21. The molecule has 1 atom stereocenters. The summed E-state index contributed by atoms with van der Waals surface area (Å²) in [6, 6.07) is 5.87. The van der Waals surface area contributed by atoms with Gasteiger partial charge < -0.3 is 21.0 Å². The highest BCUT2D eigenvalue weighted by Gasteiger charge is 2.12. The lowest BCUT2D eigenvalue weighted by atomic mass is 10.0. The van der Waals surface area contributed by atoms with E-state index in [0.29, 0.717) is 18.9 Å². The minimum Gasteiger partial charge on any atom is -0.352 e. The van der Waals surface area contributed by atoms with Crippen LogP contribution in [-0.4, -0.2) is 28.5 Å². The van der Waals surface area contributed by atoms with E-state index in [-0.39, 0.29) is 30.0 Å². The summed E-state index contributed by atoms with van der Waals surface area (Å²) in [5.74, 6) is 0.566. The second-order valence-corrected chi connectivity index (χ2v) is 6.44. The topological polar surface area (TPSA) is 104 Å². The van der Waals surface area contributed by atoms with Crippen molar-refractivity contribution < 1.29 is 4.79 Å². The third kappa shape index (κ3) is 6.02. The Hall–Kier alpha value is -1.79. The van der Waals surface area contributed by atoms with Crippen LogP contribution in [0, 0.1) is 5.92 Å². The van der Waals surface area contributed by atoms with Gasteiger partial charge in [-0.3, -0.25) is 4.79 Å². The highest BCUT2D eigenvalue weighted by Crippen LogP contribution is 2.12. The number of imidazole rings is 1. The maximum atomic E-state index is 12.0. The van der Waals surface area contributed by atoms with Gasteiger partial charge in [0.2, 0.25) is 5.91 Å². The van der Waals surface area contributed by atoms with Crippen molar-refractivity contribution in [2.24, 2.45) is 11.7 Å². The van der Waals surface area contributed by atoms with Crippen molar-refractivity contribution >= 4 is 29.3 Å². The number of hydrogen-bond donors (Lipinski definition) is 4. The first-order chi connectivity index (χ1) is 11.0. The van der Waals surface area contributed by atoms with E-state index in [1.54, 1.807) is 0 Å². The Morgan fingerprint density at radius 3 is 2.62 bits per heavy atom. The van der Waals surface area contributed by atoms with Gasteiger partial charge in [0.15, 0.2) is 0 Å². The first-order valence-corrected chi connectivity index (χ1v) is 8.18. The maximum absolute atomic E-state index is 12.0. The van der Waals surface area contributed by atoms with Crippen molar-refractivity contribution in [3.05, 3.63) is 34.2 Å². The van der Waals surface area contributed by atoms with Crippen molar-refractivity contribution in [1.29, 1.82) is 0 Å². The van der Waals surface area contributed by atoms with Gasteiger partial charge in [-0.1, -0.05) is 19.9 Å². The molecule has 24 heavy (non-hydrogen) atoms. The van der Waals surface area contributed by atoms with Crippen LogP contribution >= 0.6 is 12.4 Å². The fourth-order valence-electron chi connectivity index (χ4n) is 2.77. The smallest absolute Gasteiger partial charge is 0.323 e. The molecule has 0 aliphatic heterocycles. The number of benzene rings is 1. The Balaban J connectivity index is 0.00000288. The van der Waals surface area contributed by atoms with Crippen molar-refractivity contribution in [3.8, 4) is 0 Å². The van der Waals surface area contributed by atoms with Gasteiger partial charge in [0.05, 0.1) is 11.0 Å². The van der Waals surface area contributed by atoms with Crippen LogP contribution in [-0.2, 0) is 11.2 Å². The van der Waals surface area contributed by atoms with E-state index in [2.05, 4.69) is 29.1 Å². The van der Waals surface area contributed by atoms with Crippen molar-refractivity contribution in [3.63, 3.8) is 0 Å². The number of nitrogens with two attached hydrogens (primary N) is 1. The van der Waals surface area contributed by atoms with E-state index in [4.69, 9.17) is 5.73 Å². The fraction of sp³-hybridized carbons (Fsp3) is 0.529. The number of halogens is 1. The van der Waals surface area contributed by atoms with Crippen LogP contribution in [0.1, 0.15) is 38.7 Å². The molecule has 0 radical (unpaired) electrons. The molecule has 1 unspecified atom stereocenters. The number of aromatic amines is 2. The zero-order valence-electron chi connectivity index (χ0n) is 14.2. The van der Waals surface area contributed by atoms with Gasteiger partial charge in [-0.05, 0) is 42.9 Å². The average Bonchev–Trinajstić information content (AvgIpc) is 2.85. The second kappa shape index (κ2) is 9.49. The van der Waals surface area contributed by atoms with Gasteiger partial charge in [0.25, 0.3) is 0 Å². The number of H-pyrrole nitrogens is 2. The van der Waals surface area contributed by atoms with Crippen LogP contribution in [0.4, 0.5) is 0 Å². The first-order valence-electron chi connectivity index (χ1n) is 8.18. The number of rotatable bonds is 8. The number of fused-ring (bicyclic) bond motifs is 1. The molecule has 0 spiro atoms. The molecule has 1 aromatic carbocycles. The number of nitrogens with one attached hydrogen (secondary N) is 3. The Labute approximate surface area is 148 Å². The lowest BCUT2D eigenvalue weighted by molar-refractivity contribution is -0.121. The van der Waals surface area contributed by atoms with Crippen molar-refractivity contribution in [1.82, 2.24) is 15.3 Å². The molecule has 1 aromatic heterocycles. The van der Waals surface area contributed by atoms with Crippen LogP contribution in [0.2, 0.25) is 0 Å². The monoisotopic (exact) mass is 354 g/mol. The molecule has 1 amide bonds. The molecule has 134 valence electrons. The van der Waals surface area contributed by atoms with Crippen LogP contribution in [0.25, 0.3) is 11.0 Å².